The monoisotopic (exact) mass is 223 g/mol. The molecule has 16 heavy (non-hydrogen) atoms. The molecule has 1 aliphatic rings. The van der Waals surface area contributed by atoms with Crippen molar-refractivity contribution in [2.45, 2.75) is 18.6 Å². The summed E-state index contributed by atoms with van der Waals surface area (Å²) in [6.07, 6.45) is 4.70. The van der Waals surface area contributed by atoms with Crippen LogP contribution in [0.15, 0.2) is 42.5 Å². The number of rotatable bonds is 1. The molecule has 1 aliphatic carbocycles. The Morgan fingerprint density at radius 2 is 1.75 bits per heavy atom. The topological polar surface area (TPSA) is 0 Å². The first-order chi connectivity index (χ1) is 7.77. The fraction of sp³-hybridized carbons (Fsp3) is 0.200. The highest BCUT2D eigenvalue weighted by Crippen LogP contribution is 2.35. The third-order valence-corrected chi connectivity index (χ3v) is 5.14. The smallest absolute Gasteiger partial charge is 0.0548 e. The van der Waals surface area contributed by atoms with Gasteiger partial charge in [0.1, 0.15) is 0 Å². The molecule has 0 saturated heterocycles. The van der Waals surface area contributed by atoms with Gasteiger partial charge in [0.15, 0.2) is 0 Å². The Hall–Kier alpha value is -1.34. The zero-order valence-electron chi connectivity index (χ0n) is 9.70. The summed E-state index contributed by atoms with van der Waals surface area (Å²) >= 11 is 0. The molecule has 1 unspecified atom stereocenters. The predicted octanol–water partition coefficient (Wildman–Crippen LogP) is 4.24. The van der Waals surface area contributed by atoms with Gasteiger partial charge in [0.2, 0.25) is 0 Å². The van der Waals surface area contributed by atoms with Crippen molar-refractivity contribution >= 4 is 25.6 Å². The van der Waals surface area contributed by atoms with Gasteiger partial charge >= 0.3 is 0 Å². The highest BCUT2D eigenvalue weighted by molar-refractivity contribution is 6.58. The van der Waals surface area contributed by atoms with Gasteiger partial charge in [-0.2, -0.15) is 0 Å². The van der Waals surface area contributed by atoms with Crippen molar-refractivity contribution in [1.82, 2.24) is 0 Å². The van der Waals surface area contributed by atoms with Crippen molar-refractivity contribution < 1.29 is 0 Å². The van der Waals surface area contributed by atoms with E-state index in [4.69, 9.17) is 0 Å². The van der Waals surface area contributed by atoms with Crippen LogP contribution in [-0.2, 0) is 0 Å². The van der Waals surface area contributed by atoms with Crippen LogP contribution in [0.1, 0.15) is 16.7 Å². The molecular weight excluding hydrogens is 208 g/mol. The van der Waals surface area contributed by atoms with E-state index in [1.165, 1.54) is 21.9 Å². The lowest BCUT2D eigenvalue weighted by atomic mass is 9.93. The predicted molar refractivity (Wildman–Crippen MR) is 73.2 cm³/mol. The average Bonchev–Trinajstić information content (AvgIpc) is 2.30. The minimum absolute atomic E-state index is 0.309. The van der Waals surface area contributed by atoms with Gasteiger partial charge in [0, 0.05) is 0 Å². The maximum Gasteiger partial charge on any atom is 0.0548 e. The van der Waals surface area contributed by atoms with E-state index in [1.54, 1.807) is 0 Å². The first kappa shape index (κ1) is 9.85. The molecule has 0 saturated carbocycles. The van der Waals surface area contributed by atoms with E-state index in [0.717, 1.165) is 0 Å². The summed E-state index contributed by atoms with van der Waals surface area (Å²) in [5.41, 5.74) is 3.59. The molecule has 0 amide bonds. The Morgan fingerprint density at radius 1 is 1.00 bits per heavy atom. The lowest BCUT2D eigenvalue weighted by Gasteiger charge is -2.23. The van der Waals surface area contributed by atoms with E-state index in [2.05, 4.69) is 61.6 Å². The fourth-order valence-electron chi connectivity index (χ4n) is 2.60. The van der Waals surface area contributed by atoms with Crippen molar-refractivity contribution in [3.05, 3.63) is 53.6 Å². The Balaban J connectivity index is 2.36. The molecule has 79 valence electrons. The van der Waals surface area contributed by atoms with Crippen LogP contribution in [0.2, 0.25) is 13.1 Å². The third kappa shape index (κ3) is 1.35. The quantitative estimate of drug-likeness (QED) is 0.634. The number of hydrogen-bond donors (Lipinski definition) is 0. The van der Waals surface area contributed by atoms with Gasteiger partial charge in [-0.15, -0.1) is 0 Å². The van der Waals surface area contributed by atoms with E-state index in [1.807, 2.05) is 0 Å². The maximum atomic E-state index is 2.40. The normalized spacial score (nSPS) is 18.3. The lowest BCUT2D eigenvalue weighted by molar-refractivity contribution is 1.18. The van der Waals surface area contributed by atoms with Gasteiger partial charge in [-0.25, -0.2) is 0 Å². The van der Waals surface area contributed by atoms with Gasteiger partial charge in [-0.05, 0) is 27.4 Å². The molecule has 3 rings (SSSR count). The summed E-state index contributed by atoms with van der Waals surface area (Å²) in [7, 11) is -0.309. The molecule has 1 atom stereocenters. The number of benzene rings is 2. The molecule has 0 spiro atoms. The van der Waals surface area contributed by atoms with Crippen LogP contribution in [0.5, 0.6) is 0 Å². The van der Waals surface area contributed by atoms with Crippen LogP contribution < -0.4 is 0 Å². The van der Waals surface area contributed by atoms with Crippen LogP contribution in [0.3, 0.4) is 0 Å². The second-order valence-corrected chi connectivity index (χ2v) is 7.48. The second-order valence-electron chi connectivity index (χ2n) is 4.71. The molecule has 0 nitrogen and oxygen atoms in total. The summed E-state index contributed by atoms with van der Waals surface area (Å²) in [6.45, 7) is 4.79. The molecule has 1 heteroatoms. The minimum atomic E-state index is -0.309. The van der Waals surface area contributed by atoms with E-state index in [-0.39, 0.29) is 8.80 Å². The summed E-state index contributed by atoms with van der Waals surface area (Å²) in [6, 6.07) is 13.3. The van der Waals surface area contributed by atoms with Gasteiger partial charge in [-0.3, -0.25) is 0 Å². The highest BCUT2D eigenvalue weighted by Gasteiger charge is 2.20. The van der Waals surface area contributed by atoms with Gasteiger partial charge in [0.05, 0.1) is 8.80 Å². The molecule has 0 heterocycles. The highest BCUT2D eigenvalue weighted by atomic mass is 28.3. The summed E-state index contributed by atoms with van der Waals surface area (Å²) in [5, 5.41) is 2.86. The van der Waals surface area contributed by atoms with E-state index in [0.29, 0.717) is 5.54 Å². The van der Waals surface area contributed by atoms with Crippen molar-refractivity contribution in [1.29, 1.82) is 0 Å². The van der Waals surface area contributed by atoms with Crippen molar-refractivity contribution in [3.63, 3.8) is 0 Å². The first-order valence-corrected chi connectivity index (χ1v) is 8.35. The van der Waals surface area contributed by atoms with Crippen molar-refractivity contribution in [2.24, 2.45) is 0 Å². The molecule has 0 aromatic heterocycles. The SMILES string of the molecule is C[Si](C)C1C=Cc2cccc3cccc1c23. The Morgan fingerprint density at radius 3 is 2.50 bits per heavy atom. The standard InChI is InChI=1S/C15H15Si/c1-16(2)14-10-9-12-6-3-5-11-7-4-8-13(14)15(11)12/h3-10,14H,1-2H3. The summed E-state index contributed by atoms with van der Waals surface area (Å²) < 4.78 is 0. The van der Waals surface area contributed by atoms with Crippen LogP contribution in [0.25, 0.3) is 16.8 Å². The second kappa shape index (κ2) is 3.60. The van der Waals surface area contributed by atoms with Gasteiger partial charge in [0.25, 0.3) is 0 Å². The largest absolute Gasteiger partial charge is 0.0794 e. The lowest BCUT2D eigenvalue weighted by Crippen LogP contribution is -2.16. The summed E-state index contributed by atoms with van der Waals surface area (Å²) in [5.74, 6) is 0. The molecular formula is C15H15Si. The Labute approximate surface area is 98.2 Å². The molecule has 0 bridgehead atoms. The van der Waals surface area contributed by atoms with Crippen LogP contribution >= 0.6 is 0 Å². The molecule has 2 aromatic carbocycles. The molecule has 0 fully saturated rings. The van der Waals surface area contributed by atoms with Crippen molar-refractivity contribution in [3.8, 4) is 0 Å². The number of hydrogen-bond acceptors (Lipinski definition) is 0. The molecule has 0 N–H and O–H groups in total. The van der Waals surface area contributed by atoms with Crippen LogP contribution in [0, 0.1) is 0 Å². The maximum absolute atomic E-state index is 2.40. The average molecular weight is 223 g/mol. The minimum Gasteiger partial charge on any atom is -0.0794 e. The zero-order valence-corrected chi connectivity index (χ0v) is 10.7. The van der Waals surface area contributed by atoms with Crippen LogP contribution in [0.4, 0.5) is 0 Å². The zero-order chi connectivity index (χ0) is 11.1. The fourth-order valence-corrected chi connectivity index (χ4v) is 3.95. The molecule has 1 radical (unpaired) electrons. The third-order valence-electron chi connectivity index (χ3n) is 3.39. The molecule has 2 aromatic rings. The van der Waals surface area contributed by atoms with E-state index in [9.17, 15) is 0 Å². The van der Waals surface area contributed by atoms with Crippen LogP contribution in [-0.4, -0.2) is 8.80 Å². The molecule has 0 aliphatic heterocycles. The van der Waals surface area contributed by atoms with Crippen molar-refractivity contribution in [2.75, 3.05) is 0 Å². The first-order valence-electron chi connectivity index (χ1n) is 5.77. The summed E-state index contributed by atoms with van der Waals surface area (Å²) in [4.78, 5) is 0. The number of allylic oxidation sites excluding steroid dienone is 1. The Kier molecular flexibility index (Phi) is 2.22. The van der Waals surface area contributed by atoms with Gasteiger partial charge < -0.3 is 0 Å². The van der Waals surface area contributed by atoms with E-state index < -0.39 is 0 Å². The van der Waals surface area contributed by atoms with E-state index >= 15 is 0 Å². The Bertz CT molecular complexity index is 561. The van der Waals surface area contributed by atoms with Gasteiger partial charge in [-0.1, -0.05) is 61.6 Å².